The molecule has 0 saturated carbocycles. The van der Waals surface area contributed by atoms with Crippen molar-refractivity contribution in [3.05, 3.63) is 53.5 Å². The molecule has 1 aromatic carbocycles. The van der Waals surface area contributed by atoms with Crippen LogP contribution in [0.15, 0.2) is 45.8 Å². The average Bonchev–Trinajstić information content (AvgIpc) is 3.17. The van der Waals surface area contributed by atoms with E-state index in [1.54, 1.807) is 13.0 Å². The van der Waals surface area contributed by atoms with E-state index >= 15 is 0 Å². The van der Waals surface area contributed by atoms with Crippen LogP contribution in [0, 0.1) is 6.92 Å². The van der Waals surface area contributed by atoms with Gasteiger partial charge in [-0.25, -0.2) is 4.99 Å². The lowest BCUT2D eigenvalue weighted by Gasteiger charge is -2.29. The monoisotopic (exact) mass is 398 g/mol. The summed E-state index contributed by atoms with van der Waals surface area (Å²) < 4.78 is 5.54. The summed E-state index contributed by atoms with van der Waals surface area (Å²) in [6.07, 6.45) is 1.95. The van der Waals surface area contributed by atoms with Crippen molar-refractivity contribution in [3.63, 3.8) is 0 Å². The molecule has 7 heteroatoms. The van der Waals surface area contributed by atoms with E-state index in [0.717, 1.165) is 24.3 Å². The summed E-state index contributed by atoms with van der Waals surface area (Å²) in [4.78, 5) is 19.0. The molecule has 0 radical (unpaired) electrons. The first-order valence-electron chi connectivity index (χ1n) is 10.1. The van der Waals surface area contributed by atoms with Gasteiger partial charge in [-0.15, -0.1) is 0 Å². The Morgan fingerprint density at radius 3 is 2.79 bits per heavy atom. The van der Waals surface area contributed by atoms with Crippen LogP contribution in [0.3, 0.4) is 0 Å². The lowest BCUT2D eigenvalue weighted by Crippen LogP contribution is -2.45. The minimum Gasteiger partial charge on any atom is -0.463 e. The lowest BCUT2D eigenvalue weighted by molar-refractivity contribution is -0.117. The van der Waals surface area contributed by atoms with Gasteiger partial charge in [0.1, 0.15) is 23.7 Å². The standard InChI is InChI=1S/C22H30N4O3/c1-4-23-21(25-15-22(3,28)19-12-11-16(2)29-19)24-14-20(27)26-13-7-9-17-8-5-6-10-18(17)26/h5-6,8,10-12,28H,4,7,9,13-15H2,1-3H3,(H2,23,24,25). The molecule has 1 atom stereocenters. The van der Waals surface area contributed by atoms with Crippen LogP contribution in [-0.2, 0) is 16.8 Å². The predicted molar refractivity (Wildman–Crippen MR) is 114 cm³/mol. The van der Waals surface area contributed by atoms with Crippen LogP contribution in [0.25, 0.3) is 0 Å². The number of aliphatic hydroxyl groups is 1. The first kappa shape index (κ1) is 20.9. The van der Waals surface area contributed by atoms with Gasteiger partial charge in [0.15, 0.2) is 5.96 Å². The minimum absolute atomic E-state index is 0.0334. The quantitative estimate of drug-likeness (QED) is 0.513. The molecule has 2 heterocycles. The molecule has 3 rings (SSSR count). The van der Waals surface area contributed by atoms with Crippen molar-refractivity contribution in [2.45, 2.75) is 39.2 Å². The van der Waals surface area contributed by atoms with Crippen LogP contribution >= 0.6 is 0 Å². The number of carbonyl (C=O) groups is 1. The molecule has 1 aliphatic heterocycles. The Labute approximate surface area is 171 Å². The summed E-state index contributed by atoms with van der Waals surface area (Å²) in [5.74, 6) is 1.67. The molecule has 1 unspecified atom stereocenters. The number of aryl methyl sites for hydroxylation is 2. The fourth-order valence-electron chi connectivity index (χ4n) is 3.43. The van der Waals surface area contributed by atoms with Crippen molar-refractivity contribution in [2.24, 2.45) is 4.99 Å². The largest absolute Gasteiger partial charge is 0.463 e. The number of hydrogen-bond acceptors (Lipinski definition) is 4. The first-order valence-corrected chi connectivity index (χ1v) is 10.1. The summed E-state index contributed by atoms with van der Waals surface area (Å²) in [6, 6.07) is 11.6. The Morgan fingerprint density at radius 1 is 1.28 bits per heavy atom. The first-order chi connectivity index (χ1) is 13.9. The molecule has 0 spiro atoms. The third kappa shape index (κ3) is 5.17. The third-order valence-electron chi connectivity index (χ3n) is 5.00. The van der Waals surface area contributed by atoms with E-state index in [9.17, 15) is 9.90 Å². The van der Waals surface area contributed by atoms with E-state index in [0.29, 0.717) is 24.8 Å². The highest BCUT2D eigenvalue weighted by Gasteiger charge is 2.27. The number of amides is 1. The van der Waals surface area contributed by atoms with Gasteiger partial charge in [0.05, 0.1) is 6.54 Å². The van der Waals surface area contributed by atoms with E-state index in [-0.39, 0.29) is 19.0 Å². The number of nitrogens with zero attached hydrogens (tertiary/aromatic N) is 2. The van der Waals surface area contributed by atoms with E-state index in [1.807, 2.05) is 43.0 Å². The topological polar surface area (TPSA) is 90.1 Å². The van der Waals surface area contributed by atoms with Gasteiger partial charge < -0.3 is 25.1 Å². The van der Waals surface area contributed by atoms with Gasteiger partial charge >= 0.3 is 0 Å². The number of rotatable bonds is 6. The van der Waals surface area contributed by atoms with Crippen molar-refractivity contribution >= 4 is 17.6 Å². The molecule has 156 valence electrons. The normalized spacial score (nSPS) is 16.1. The van der Waals surface area contributed by atoms with Crippen molar-refractivity contribution in [1.29, 1.82) is 0 Å². The van der Waals surface area contributed by atoms with Crippen molar-refractivity contribution < 1.29 is 14.3 Å². The van der Waals surface area contributed by atoms with E-state index in [2.05, 4.69) is 21.7 Å². The maximum atomic E-state index is 12.8. The molecule has 3 N–H and O–H groups in total. The Balaban J connectivity index is 1.64. The Bertz CT molecular complexity index is 872. The molecule has 1 aliphatic rings. The number of aliphatic imine (C=N–C) groups is 1. The zero-order valence-corrected chi connectivity index (χ0v) is 17.4. The third-order valence-corrected chi connectivity index (χ3v) is 5.00. The number of benzene rings is 1. The van der Waals surface area contributed by atoms with E-state index in [1.165, 1.54) is 5.56 Å². The van der Waals surface area contributed by atoms with Crippen LogP contribution in [0.5, 0.6) is 0 Å². The maximum absolute atomic E-state index is 12.8. The van der Waals surface area contributed by atoms with E-state index < -0.39 is 5.60 Å². The zero-order valence-electron chi connectivity index (χ0n) is 17.4. The Kier molecular flexibility index (Phi) is 6.59. The summed E-state index contributed by atoms with van der Waals surface area (Å²) in [5.41, 5.74) is 0.985. The van der Waals surface area contributed by atoms with Gasteiger partial charge in [-0.05, 0) is 57.4 Å². The number of fused-ring (bicyclic) bond motifs is 1. The highest BCUT2D eigenvalue weighted by atomic mass is 16.4. The predicted octanol–water partition coefficient (Wildman–Crippen LogP) is 2.33. The number of nitrogens with one attached hydrogen (secondary N) is 2. The fourth-order valence-corrected chi connectivity index (χ4v) is 3.43. The number of anilines is 1. The molecular weight excluding hydrogens is 368 g/mol. The molecule has 7 nitrogen and oxygen atoms in total. The molecule has 0 bridgehead atoms. The number of carbonyl (C=O) groups excluding carboxylic acids is 1. The lowest BCUT2D eigenvalue weighted by atomic mass is 10.0. The van der Waals surface area contributed by atoms with Crippen molar-refractivity contribution in [3.8, 4) is 0 Å². The Hall–Kier alpha value is -2.80. The van der Waals surface area contributed by atoms with Gasteiger partial charge in [0.25, 0.3) is 0 Å². The summed E-state index contributed by atoms with van der Waals surface area (Å²) >= 11 is 0. The van der Waals surface area contributed by atoms with Crippen molar-refractivity contribution in [1.82, 2.24) is 10.6 Å². The van der Waals surface area contributed by atoms with Crippen LogP contribution < -0.4 is 15.5 Å². The molecule has 1 amide bonds. The summed E-state index contributed by atoms with van der Waals surface area (Å²) in [6.45, 7) is 7.06. The molecule has 0 aliphatic carbocycles. The highest BCUT2D eigenvalue weighted by Crippen LogP contribution is 2.26. The number of para-hydroxylation sites is 1. The summed E-state index contributed by atoms with van der Waals surface area (Å²) in [7, 11) is 0. The highest BCUT2D eigenvalue weighted by molar-refractivity contribution is 5.97. The molecule has 1 aromatic heterocycles. The van der Waals surface area contributed by atoms with Crippen LogP contribution in [0.2, 0.25) is 0 Å². The van der Waals surface area contributed by atoms with Crippen LogP contribution in [0.4, 0.5) is 5.69 Å². The summed E-state index contributed by atoms with van der Waals surface area (Å²) in [5, 5.41) is 16.9. The smallest absolute Gasteiger partial charge is 0.248 e. The van der Waals surface area contributed by atoms with Gasteiger partial charge in [-0.3, -0.25) is 4.79 Å². The second-order valence-electron chi connectivity index (χ2n) is 7.51. The molecule has 2 aromatic rings. The second-order valence-corrected chi connectivity index (χ2v) is 7.51. The maximum Gasteiger partial charge on any atom is 0.248 e. The second kappa shape index (κ2) is 9.13. The van der Waals surface area contributed by atoms with Gasteiger partial charge in [-0.2, -0.15) is 0 Å². The zero-order chi connectivity index (χ0) is 20.9. The SMILES string of the molecule is CCNC(=NCC(=O)N1CCCc2ccccc21)NCC(C)(O)c1ccc(C)o1. The van der Waals surface area contributed by atoms with Gasteiger partial charge in [0, 0.05) is 18.8 Å². The number of hydrogen-bond donors (Lipinski definition) is 3. The number of guanidine groups is 1. The van der Waals surface area contributed by atoms with E-state index in [4.69, 9.17) is 4.42 Å². The molecule has 0 saturated heterocycles. The number of furan rings is 1. The average molecular weight is 399 g/mol. The minimum atomic E-state index is -1.19. The van der Waals surface area contributed by atoms with Crippen LogP contribution in [-0.4, -0.2) is 43.2 Å². The van der Waals surface area contributed by atoms with Gasteiger partial charge in [0.2, 0.25) is 5.91 Å². The molecular formula is C22H30N4O3. The fraction of sp³-hybridized carbons (Fsp3) is 0.455. The Morgan fingerprint density at radius 2 is 2.07 bits per heavy atom. The van der Waals surface area contributed by atoms with Crippen molar-refractivity contribution in [2.75, 3.05) is 31.1 Å². The van der Waals surface area contributed by atoms with Gasteiger partial charge in [-0.1, -0.05) is 18.2 Å². The van der Waals surface area contributed by atoms with Crippen LogP contribution in [0.1, 0.15) is 37.4 Å². The molecule has 29 heavy (non-hydrogen) atoms. The molecule has 0 fully saturated rings.